The molecule has 0 radical (unpaired) electrons. The maximum Gasteiger partial charge on any atom is 0.220 e. The Kier molecular flexibility index (Phi) is 6.07. The summed E-state index contributed by atoms with van der Waals surface area (Å²) in [5.74, 6) is 0.00919. The molecule has 0 unspecified atom stereocenters. The highest BCUT2D eigenvalue weighted by Crippen LogP contribution is 2.16. The van der Waals surface area contributed by atoms with E-state index >= 15 is 0 Å². The van der Waals surface area contributed by atoms with Gasteiger partial charge in [0.05, 0.1) is 30.8 Å². The van der Waals surface area contributed by atoms with Gasteiger partial charge in [0.1, 0.15) is 0 Å². The SMILES string of the molecule is Cc1nn(CCC#N)c(C)c1CCC(=O)N[C@H](C)c1cccnc1. The number of carbonyl (C=O) groups is 1. The van der Waals surface area contributed by atoms with Crippen LogP contribution in [0.3, 0.4) is 0 Å². The van der Waals surface area contributed by atoms with E-state index in [2.05, 4.69) is 21.5 Å². The average molecular weight is 325 g/mol. The lowest BCUT2D eigenvalue weighted by atomic mass is 10.1. The fraction of sp³-hybridized carbons (Fsp3) is 0.444. The predicted molar refractivity (Wildman–Crippen MR) is 91.0 cm³/mol. The third kappa shape index (κ3) is 4.42. The summed E-state index contributed by atoms with van der Waals surface area (Å²) in [6, 6.07) is 5.88. The summed E-state index contributed by atoms with van der Waals surface area (Å²) in [6.07, 6.45) is 4.97. The number of rotatable bonds is 7. The van der Waals surface area contributed by atoms with E-state index in [1.165, 1.54) is 0 Å². The Hall–Kier alpha value is -2.68. The van der Waals surface area contributed by atoms with Crippen molar-refractivity contribution in [2.24, 2.45) is 0 Å². The third-order valence-corrected chi connectivity index (χ3v) is 4.13. The molecule has 2 aromatic rings. The lowest BCUT2D eigenvalue weighted by Crippen LogP contribution is -2.27. The first-order valence-electron chi connectivity index (χ1n) is 8.12. The van der Waals surface area contributed by atoms with Gasteiger partial charge >= 0.3 is 0 Å². The first-order valence-corrected chi connectivity index (χ1v) is 8.12. The number of nitriles is 1. The molecule has 6 heteroatoms. The van der Waals surface area contributed by atoms with E-state index in [4.69, 9.17) is 5.26 Å². The maximum absolute atomic E-state index is 12.2. The van der Waals surface area contributed by atoms with E-state index in [9.17, 15) is 4.79 Å². The largest absolute Gasteiger partial charge is 0.350 e. The Bertz CT molecular complexity index is 730. The molecule has 2 aromatic heterocycles. The van der Waals surface area contributed by atoms with Gasteiger partial charge in [-0.05, 0) is 44.4 Å². The van der Waals surface area contributed by atoms with Crippen molar-refractivity contribution in [3.63, 3.8) is 0 Å². The molecule has 1 N–H and O–H groups in total. The molecule has 1 amide bonds. The molecule has 2 heterocycles. The first kappa shape index (κ1) is 17.7. The van der Waals surface area contributed by atoms with Crippen molar-refractivity contribution in [3.05, 3.63) is 47.0 Å². The van der Waals surface area contributed by atoms with Crippen LogP contribution in [-0.2, 0) is 17.8 Å². The minimum atomic E-state index is -0.0632. The smallest absolute Gasteiger partial charge is 0.220 e. The van der Waals surface area contributed by atoms with Crippen LogP contribution in [0.4, 0.5) is 0 Å². The number of hydrogen-bond donors (Lipinski definition) is 1. The van der Waals surface area contributed by atoms with E-state index in [0.29, 0.717) is 25.8 Å². The lowest BCUT2D eigenvalue weighted by Gasteiger charge is -2.13. The molecule has 6 nitrogen and oxygen atoms in total. The van der Waals surface area contributed by atoms with Crippen molar-refractivity contribution >= 4 is 5.91 Å². The molecule has 0 saturated heterocycles. The second kappa shape index (κ2) is 8.25. The number of nitrogens with zero attached hydrogens (tertiary/aromatic N) is 4. The van der Waals surface area contributed by atoms with Crippen LogP contribution in [0, 0.1) is 25.2 Å². The molecule has 0 saturated carbocycles. The highest BCUT2D eigenvalue weighted by Gasteiger charge is 2.14. The molecule has 0 aliphatic heterocycles. The van der Waals surface area contributed by atoms with Crippen LogP contribution in [0.1, 0.15) is 48.3 Å². The zero-order valence-electron chi connectivity index (χ0n) is 14.4. The van der Waals surface area contributed by atoms with Gasteiger partial charge in [-0.15, -0.1) is 0 Å². The van der Waals surface area contributed by atoms with Crippen LogP contribution < -0.4 is 5.32 Å². The van der Waals surface area contributed by atoms with E-state index in [0.717, 1.165) is 22.5 Å². The average Bonchev–Trinajstić information content (AvgIpc) is 2.85. The molecule has 1 atom stereocenters. The van der Waals surface area contributed by atoms with Crippen molar-refractivity contribution in [2.45, 2.75) is 52.6 Å². The van der Waals surface area contributed by atoms with Crippen LogP contribution in [0.5, 0.6) is 0 Å². The number of nitrogens with one attached hydrogen (secondary N) is 1. The van der Waals surface area contributed by atoms with Gasteiger partial charge in [0.25, 0.3) is 0 Å². The van der Waals surface area contributed by atoms with E-state index in [1.807, 2.05) is 37.6 Å². The van der Waals surface area contributed by atoms with Gasteiger partial charge in [-0.1, -0.05) is 6.07 Å². The highest BCUT2D eigenvalue weighted by molar-refractivity contribution is 5.76. The fourth-order valence-electron chi connectivity index (χ4n) is 2.74. The molecule has 0 spiro atoms. The quantitative estimate of drug-likeness (QED) is 0.848. The molecule has 0 aliphatic carbocycles. The monoisotopic (exact) mass is 325 g/mol. The summed E-state index contributed by atoms with van der Waals surface area (Å²) in [6.45, 7) is 6.48. The Balaban J connectivity index is 1.92. The van der Waals surface area contributed by atoms with Crippen molar-refractivity contribution in [1.29, 1.82) is 5.26 Å². The Morgan fingerprint density at radius 1 is 1.46 bits per heavy atom. The van der Waals surface area contributed by atoms with Gasteiger partial charge in [0.15, 0.2) is 0 Å². The van der Waals surface area contributed by atoms with Gasteiger partial charge < -0.3 is 5.32 Å². The van der Waals surface area contributed by atoms with Crippen molar-refractivity contribution in [3.8, 4) is 6.07 Å². The lowest BCUT2D eigenvalue weighted by molar-refractivity contribution is -0.121. The molecule has 2 rings (SSSR count). The van der Waals surface area contributed by atoms with Crippen LogP contribution in [0.15, 0.2) is 24.5 Å². The molecular weight excluding hydrogens is 302 g/mol. The number of aromatic nitrogens is 3. The van der Waals surface area contributed by atoms with Crippen LogP contribution in [0.2, 0.25) is 0 Å². The van der Waals surface area contributed by atoms with Crippen LogP contribution >= 0.6 is 0 Å². The summed E-state index contributed by atoms with van der Waals surface area (Å²) in [5, 5.41) is 16.2. The molecular formula is C18H23N5O. The van der Waals surface area contributed by atoms with Crippen molar-refractivity contribution in [1.82, 2.24) is 20.1 Å². The summed E-state index contributed by atoms with van der Waals surface area (Å²) in [5.41, 5.74) is 4.05. The van der Waals surface area contributed by atoms with Gasteiger partial charge in [-0.3, -0.25) is 14.5 Å². The number of hydrogen-bond acceptors (Lipinski definition) is 4. The van der Waals surface area contributed by atoms with E-state index in [1.54, 1.807) is 12.4 Å². The van der Waals surface area contributed by atoms with Crippen molar-refractivity contribution in [2.75, 3.05) is 0 Å². The maximum atomic E-state index is 12.2. The summed E-state index contributed by atoms with van der Waals surface area (Å²) in [7, 11) is 0. The first-order chi connectivity index (χ1) is 11.5. The van der Waals surface area contributed by atoms with Crippen molar-refractivity contribution < 1.29 is 4.79 Å². The summed E-state index contributed by atoms with van der Waals surface area (Å²) in [4.78, 5) is 16.3. The number of carbonyl (C=O) groups excluding carboxylic acids is 1. The molecule has 0 aromatic carbocycles. The second-order valence-corrected chi connectivity index (χ2v) is 5.86. The molecule has 0 bridgehead atoms. The second-order valence-electron chi connectivity index (χ2n) is 5.86. The fourth-order valence-corrected chi connectivity index (χ4v) is 2.74. The standard InChI is InChI=1S/C18H23N5O/c1-13(16-6-4-10-20-12-16)21-18(24)8-7-17-14(2)22-23(15(17)3)11-5-9-19/h4,6,10,12-13H,5,7-8,11H2,1-3H3,(H,21,24)/t13-/m1/s1. The highest BCUT2D eigenvalue weighted by atomic mass is 16.1. The summed E-state index contributed by atoms with van der Waals surface area (Å²) < 4.78 is 1.85. The number of pyridine rings is 1. The molecule has 0 aliphatic rings. The van der Waals surface area contributed by atoms with E-state index < -0.39 is 0 Å². The normalized spacial score (nSPS) is 11.8. The topological polar surface area (TPSA) is 83.6 Å². The Morgan fingerprint density at radius 3 is 2.92 bits per heavy atom. The zero-order valence-corrected chi connectivity index (χ0v) is 14.4. The van der Waals surface area contributed by atoms with E-state index in [-0.39, 0.29) is 11.9 Å². The minimum absolute atomic E-state index is 0.00919. The minimum Gasteiger partial charge on any atom is -0.350 e. The number of aryl methyl sites for hydroxylation is 2. The van der Waals surface area contributed by atoms with Gasteiger partial charge in [0, 0.05) is 24.5 Å². The van der Waals surface area contributed by atoms with Crippen LogP contribution in [0.25, 0.3) is 0 Å². The Morgan fingerprint density at radius 2 is 2.25 bits per heavy atom. The molecule has 24 heavy (non-hydrogen) atoms. The summed E-state index contributed by atoms with van der Waals surface area (Å²) >= 11 is 0. The zero-order chi connectivity index (χ0) is 17.5. The number of amides is 1. The predicted octanol–water partition coefficient (Wildman–Crippen LogP) is 2.62. The van der Waals surface area contributed by atoms with Gasteiger partial charge in [0.2, 0.25) is 5.91 Å². The van der Waals surface area contributed by atoms with Gasteiger partial charge in [-0.25, -0.2) is 0 Å². The molecule has 0 fully saturated rings. The third-order valence-electron chi connectivity index (χ3n) is 4.13. The van der Waals surface area contributed by atoms with Crippen LogP contribution in [-0.4, -0.2) is 20.7 Å². The van der Waals surface area contributed by atoms with Gasteiger partial charge in [-0.2, -0.15) is 10.4 Å². The molecule has 126 valence electrons. The Labute approximate surface area is 142 Å².